The molecule has 1 aliphatic rings. The highest BCUT2D eigenvalue weighted by molar-refractivity contribution is 5.64. The molecule has 0 amide bonds. The van der Waals surface area contributed by atoms with Gasteiger partial charge in [-0.25, -0.2) is 19.3 Å². The highest BCUT2D eigenvalue weighted by Crippen LogP contribution is 2.31. The predicted octanol–water partition coefficient (Wildman–Crippen LogP) is 2.61. The van der Waals surface area contributed by atoms with Crippen LogP contribution in [-0.2, 0) is 6.18 Å². The monoisotopic (exact) mass is 366 g/mol. The lowest BCUT2D eigenvalue weighted by molar-refractivity contribution is -0.138. The molecule has 0 aromatic carbocycles. The van der Waals surface area contributed by atoms with Crippen LogP contribution >= 0.6 is 0 Å². The molecule has 1 fully saturated rings. The molecule has 0 bridgehead atoms. The van der Waals surface area contributed by atoms with Gasteiger partial charge in [-0.3, -0.25) is 0 Å². The van der Waals surface area contributed by atoms with Crippen LogP contribution in [0.5, 0.6) is 0 Å². The number of rotatable bonds is 2. The number of imidazole rings is 1. The molecule has 0 spiro atoms. The Balaban J connectivity index is 1.51. The number of anilines is 2. The van der Waals surface area contributed by atoms with E-state index in [2.05, 4.69) is 15.0 Å². The van der Waals surface area contributed by atoms with E-state index in [4.69, 9.17) is 0 Å². The molecule has 136 valence electrons. The van der Waals surface area contributed by atoms with Crippen LogP contribution in [0.15, 0.2) is 37.1 Å². The third-order valence-corrected chi connectivity index (χ3v) is 4.32. The molecule has 1 aliphatic heterocycles. The van der Waals surface area contributed by atoms with Crippen molar-refractivity contribution in [3.05, 3.63) is 48.4 Å². The number of piperazine rings is 1. The zero-order valence-electron chi connectivity index (χ0n) is 13.5. The molecule has 26 heavy (non-hydrogen) atoms. The second-order valence-corrected chi connectivity index (χ2v) is 5.91. The van der Waals surface area contributed by atoms with Crippen molar-refractivity contribution < 1.29 is 17.6 Å². The Labute approximate surface area is 145 Å². The number of hydrogen-bond acceptors (Lipinski definition) is 5. The van der Waals surface area contributed by atoms with E-state index in [0.29, 0.717) is 38.4 Å². The second kappa shape index (κ2) is 6.11. The number of halogens is 4. The van der Waals surface area contributed by atoms with Crippen molar-refractivity contribution in [1.29, 1.82) is 0 Å². The van der Waals surface area contributed by atoms with Crippen LogP contribution < -0.4 is 9.80 Å². The molecule has 0 N–H and O–H groups in total. The lowest BCUT2D eigenvalue weighted by Gasteiger charge is -2.36. The van der Waals surface area contributed by atoms with Gasteiger partial charge in [-0.05, 0) is 6.07 Å². The lowest BCUT2D eigenvalue weighted by atomic mass is 10.2. The summed E-state index contributed by atoms with van der Waals surface area (Å²) in [4.78, 5) is 16.0. The average Bonchev–Trinajstić information content (AvgIpc) is 3.10. The summed E-state index contributed by atoms with van der Waals surface area (Å²) in [5.41, 5.74) is -0.368. The second-order valence-electron chi connectivity index (χ2n) is 5.91. The number of fused-ring (bicyclic) bond motifs is 1. The minimum Gasteiger partial charge on any atom is -0.351 e. The molecule has 6 nitrogen and oxygen atoms in total. The smallest absolute Gasteiger partial charge is 0.351 e. The zero-order chi connectivity index (χ0) is 18.3. The van der Waals surface area contributed by atoms with Crippen LogP contribution in [0.1, 0.15) is 5.56 Å². The highest BCUT2D eigenvalue weighted by Gasteiger charge is 2.33. The quantitative estimate of drug-likeness (QED) is 0.653. The van der Waals surface area contributed by atoms with E-state index in [0.717, 1.165) is 11.5 Å². The van der Waals surface area contributed by atoms with Gasteiger partial charge in [0.25, 0.3) is 0 Å². The molecular weight excluding hydrogens is 352 g/mol. The van der Waals surface area contributed by atoms with Gasteiger partial charge in [-0.1, -0.05) is 0 Å². The van der Waals surface area contributed by atoms with Gasteiger partial charge in [0.1, 0.15) is 0 Å². The van der Waals surface area contributed by atoms with Gasteiger partial charge >= 0.3 is 6.18 Å². The fourth-order valence-corrected chi connectivity index (χ4v) is 3.01. The Morgan fingerprint density at radius 2 is 1.46 bits per heavy atom. The SMILES string of the molecule is Fc1cc(C(F)(F)F)cnc1N1CCN(c2nccn3ccnc23)CC1. The molecule has 4 heterocycles. The lowest BCUT2D eigenvalue weighted by Crippen LogP contribution is -2.47. The first-order valence-corrected chi connectivity index (χ1v) is 7.94. The standard InChI is InChI=1S/C16H14F4N6/c17-12-9-11(16(18,19)20)10-23-13(12)25-5-7-26(8-6-25)15-14-21-1-3-24(14)4-2-22-15/h1-4,9-10H,5-8H2. The van der Waals surface area contributed by atoms with E-state index < -0.39 is 17.6 Å². The molecule has 1 saturated heterocycles. The summed E-state index contributed by atoms with van der Waals surface area (Å²) < 4.78 is 53.9. The van der Waals surface area contributed by atoms with E-state index in [1.54, 1.807) is 23.5 Å². The Kier molecular flexibility index (Phi) is 3.89. The highest BCUT2D eigenvalue weighted by atomic mass is 19.4. The van der Waals surface area contributed by atoms with Gasteiger partial charge in [-0.2, -0.15) is 13.2 Å². The van der Waals surface area contributed by atoms with Gasteiger partial charge in [0.05, 0.1) is 5.56 Å². The molecular formula is C16H14F4N6. The summed E-state index contributed by atoms with van der Waals surface area (Å²) >= 11 is 0. The first kappa shape index (κ1) is 16.6. The molecule has 3 aromatic rings. The summed E-state index contributed by atoms with van der Waals surface area (Å²) in [7, 11) is 0. The first-order valence-electron chi connectivity index (χ1n) is 7.94. The molecule has 0 unspecified atom stereocenters. The molecule has 4 rings (SSSR count). The van der Waals surface area contributed by atoms with Crippen molar-refractivity contribution in [1.82, 2.24) is 19.4 Å². The van der Waals surface area contributed by atoms with E-state index in [1.807, 2.05) is 15.5 Å². The Bertz CT molecular complexity index is 930. The summed E-state index contributed by atoms with van der Waals surface area (Å²) in [6.45, 7) is 1.89. The summed E-state index contributed by atoms with van der Waals surface area (Å²) in [5, 5.41) is 0. The Hall–Kier alpha value is -2.91. The number of alkyl halides is 3. The fourth-order valence-electron chi connectivity index (χ4n) is 3.01. The van der Waals surface area contributed by atoms with Gasteiger partial charge < -0.3 is 14.2 Å². The maximum Gasteiger partial charge on any atom is 0.417 e. The van der Waals surface area contributed by atoms with Crippen molar-refractivity contribution in [3.8, 4) is 0 Å². The van der Waals surface area contributed by atoms with E-state index in [9.17, 15) is 17.6 Å². The average molecular weight is 366 g/mol. The van der Waals surface area contributed by atoms with Crippen LogP contribution in [0.25, 0.3) is 5.65 Å². The van der Waals surface area contributed by atoms with Crippen molar-refractivity contribution in [2.45, 2.75) is 6.18 Å². The minimum atomic E-state index is -4.61. The predicted molar refractivity (Wildman–Crippen MR) is 86.6 cm³/mol. The van der Waals surface area contributed by atoms with E-state index >= 15 is 0 Å². The Morgan fingerprint density at radius 3 is 2.08 bits per heavy atom. The van der Waals surface area contributed by atoms with Crippen LogP contribution in [0.3, 0.4) is 0 Å². The number of pyridine rings is 1. The van der Waals surface area contributed by atoms with Gasteiger partial charge in [0.15, 0.2) is 23.1 Å². The molecule has 0 saturated carbocycles. The summed E-state index contributed by atoms with van der Waals surface area (Å²) in [6.07, 6.45) is 3.02. The molecule has 0 atom stereocenters. The summed E-state index contributed by atoms with van der Waals surface area (Å²) in [5.74, 6) is -0.315. The van der Waals surface area contributed by atoms with E-state index in [-0.39, 0.29) is 5.82 Å². The maximum atomic E-state index is 14.1. The third kappa shape index (κ3) is 2.91. The maximum absolute atomic E-state index is 14.1. The minimum absolute atomic E-state index is 0.0652. The molecule has 0 aliphatic carbocycles. The van der Waals surface area contributed by atoms with Crippen molar-refractivity contribution in [3.63, 3.8) is 0 Å². The topological polar surface area (TPSA) is 49.6 Å². The van der Waals surface area contributed by atoms with Crippen LogP contribution in [-0.4, -0.2) is 45.5 Å². The molecule has 10 heteroatoms. The van der Waals surface area contributed by atoms with Crippen molar-refractivity contribution in [2.75, 3.05) is 36.0 Å². The van der Waals surface area contributed by atoms with Gasteiger partial charge in [0, 0.05) is 57.2 Å². The molecule has 0 radical (unpaired) electrons. The zero-order valence-corrected chi connectivity index (χ0v) is 13.5. The van der Waals surface area contributed by atoms with Crippen molar-refractivity contribution in [2.24, 2.45) is 0 Å². The van der Waals surface area contributed by atoms with Gasteiger partial charge in [0.2, 0.25) is 0 Å². The van der Waals surface area contributed by atoms with Crippen LogP contribution in [0.4, 0.5) is 29.2 Å². The fraction of sp³-hybridized carbons (Fsp3) is 0.312. The number of nitrogens with zero attached hydrogens (tertiary/aromatic N) is 6. The molecule has 3 aromatic heterocycles. The number of aromatic nitrogens is 4. The van der Waals surface area contributed by atoms with Crippen LogP contribution in [0, 0.1) is 5.82 Å². The summed E-state index contributed by atoms with van der Waals surface area (Å²) in [6, 6.07) is 0.488. The van der Waals surface area contributed by atoms with E-state index in [1.165, 1.54) is 0 Å². The normalized spacial score (nSPS) is 15.7. The van der Waals surface area contributed by atoms with Gasteiger partial charge in [-0.15, -0.1) is 0 Å². The largest absolute Gasteiger partial charge is 0.417 e. The van der Waals surface area contributed by atoms with Crippen molar-refractivity contribution >= 4 is 17.3 Å². The third-order valence-electron chi connectivity index (χ3n) is 4.32. The van der Waals surface area contributed by atoms with Crippen LogP contribution in [0.2, 0.25) is 0 Å². The number of hydrogen-bond donors (Lipinski definition) is 0. The first-order chi connectivity index (χ1) is 12.4. The Morgan fingerprint density at radius 1 is 0.846 bits per heavy atom.